The molecular formula is C41H45ClN4O9. The molecule has 14 heteroatoms. The highest BCUT2D eigenvalue weighted by Gasteiger charge is 2.42. The number of aromatic nitrogens is 1. The summed E-state index contributed by atoms with van der Waals surface area (Å²) in [7, 11) is 0. The number of nitrogens with one attached hydrogen (secondary N) is 1. The van der Waals surface area contributed by atoms with E-state index in [0.29, 0.717) is 54.3 Å². The van der Waals surface area contributed by atoms with Crippen LogP contribution in [0.5, 0.6) is 17.2 Å². The third-order valence-corrected chi connectivity index (χ3v) is 10.2. The van der Waals surface area contributed by atoms with Crippen LogP contribution in [-0.4, -0.2) is 86.2 Å². The fourth-order valence-electron chi connectivity index (χ4n) is 6.29. The van der Waals surface area contributed by atoms with Crippen LogP contribution in [0.15, 0.2) is 67.0 Å². The number of hydrogen-bond donors (Lipinski definition) is 5. The lowest BCUT2D eigenvalue weighted by Crippen LogP contribution is -2.52. The maximum absolute atomic E-state index is 11.8. The Morgan fingerprint density at radius 1 is 0.982 bits per heavy atom. The Balaban J connectivity index is 1.30. The molecule has 2 atom stereocenters. The van der Waals surface area contributed by atoms with E-state index in [9.17, 15) is 35.3 Å². The van der Waals surface area contributed by atoms with Gasteiger partial charge in [-0.05, 0) is 73.2 Å². The van der Waals surface area contributed by atoms with Gasteiger partial charge >= 0.3 is 11.9 Å². The number of likely N-dealkylation sites (tertiary alicyclic amines) is 1. The molecule has 0 bridgehead atoms. The van der Waals surface area contributed by atoms with Gasteiger partial charge in [0.2, 0.25) is 0 Å². The van der Waals surface area contributed by atoms with Crippen molar-refractivity contribution >= 4 is 23.5 Å². The average Bonchev–Trinajstić information content (AvgIpc) is 3.57. The first-order chi connectivity index (χ1) is 26.3. The molecule has 290 valence electrons. The van der Waals surface area contributed by atoms with Crippen molar-refractivity contribution in [1.29, 1.82) is 5.26 Å². The second-order valence-electron chi connectivity index (χ2n) is 13.9. The zero-order valence-electron chi connectivity index (χ0n) is 31.0. The van der Waals surface area contributed by atoms with Crippen molar-refractivity contribution in [1.82, 2.24) is 15.2 Å². The number of carboxylic acid groups (broad SMARTS) is 2. The van der Waals surface area contributed by atoms with Crippen LogP contribution in [0.4, 0.5) is 0 Å². The zero-order chi connectivity index (χ0) is 39.8. The molecule has 1 aliphatic rings. The number of carbonyl (C=O) groups is 2. The number of aliphatic hydroxyl groups excluding tert-OH is 1. The van der Waals surface area contributed by atoms with Crippen molar-refractivity contribution in [3.8, 4) is 34.4 Å². The predicted octanol–water partition coefficient (Wildman–Crippen LogP) is 5.26. The Labute approximate surface area is 324 Å². The summed E-state index contributed by atoms with van der Waals surface area (Å²) in [5, 5.41) is 51.3. The molecule has 55 heavy (non-hydrogen) atoms. The van der Waals surface area contributed by atoms with E-state index in [4.69, 9.17) is 25.8 Å². The summed E-state index contributed by atoms with van der Waals surface area (Å²) in [5.74, 6) is -0.962. The van der Waals surface area contributed by atoms with Gasteiger partial charge in [-0.1, -0.05) is 41.9 Å². The van der Waals surface area contributed by atoms with Gasteiger partial charge in [0.25, 0.3) is 0 Å². The summed E-state index contributed by atoms with van der Waals surface area (Å²) in [4.78, 5) is 29.2. The summed E-state index contributed by atoms with van der Waals surface area (Å²) < 4.78 is 18.6. The zero-order valence-corrected chi connectivity index (χ0v) is 31.7. The van der Waals surface area contributed by atoms with Crippen LogP contribution in [0.25, 0.3) is 11.1 Å². The molecule has 1 aliphatic heterocycles. The van der Waals surface area contributed by atoms with Crippen LogP contribution in [0.3, 0.4) is 0 Å². The molecule has 0 saturated carbocycles. The minimum absolute atomic E-state index is 0.00798. The van der Waals surface area contributed by atoms with E-state index in [1.807, 2.05) is 55.1 Å². The Hall–Kier alpha value is -5.23. The van der Waals surface area contributed by atoms with E-state index < -0.39 is 29.7 Å². The summed E-state index contributed by atoms with van der Waals surface area (Å²) in [6, 6.07) is 18.8. The van der Waals surface area contributed by atoms with Gasteiger partial charge in [-0.2, -0.15) is 5.26 Å². The second-order valence-corrected chi connectivity index (χ2v) is 14.3. The summed E-state index contributed by atoms with van der Waals surface area (Å²) in [6.07, 6.45) is 3.92. The first-order valence-corrected chi connectivity index (χ1v) is 18.2. The van der Waals surface area contributed by atoms with Gasteiger partial charge in [0.15, 0.2) is 5.60 Å². The van der Waals surface area contributed by atoms with Gasteiger partial charge in [0, 0.05) is 62.2 Å². The van der Waals surface area contributed by atoms with Crippen LogP contribution in [0.1, 0.15) is 53.1 Å². The third kappa shape index (κ3) is 9.91. The molecule has 5 rings (SSSR count). The van der Waals surface area contributed by atoms with Crippen LogP contribution < -0.4 is 19.5 Å². The highest BCUT2D eigenvalue weighted by Crippen LogP contribution is 2.36. The second kappa shape index (κ2) is 17.9. The molecule has 1 fully saturated rings. The lowest BCUT2D eigenvalue weighted by molar-refractivity contribution is -0.157. The van der Waals surface area contributed by atoms with Gasteiger partial charge in [-0.25, -0.2) is 4.79 Å². The van der Waals surface area contributed by atoms with Crippen molar-refractivity contribution in [3.63, 3.8) is 0 Å². The van der Waals surface area contributed by atoms with E-state index in [2.05, 4.69) is 16.4 Å². The smallest absolute Gasteiger partial charge is 0.337 e. The number of hydrogen-bond acceptors (Lipinski definition) is 11. The topological polar surface area (TPSA) is 195 Å². The molecule has 4 aromatic rings. The molecule has 0 spiro atoms. The van der Waals surface area contributed by atoms with Gasteiger partial charge in [-0.3, -0.25) is 20.0 Å². The molecule has 2 unspecified atom stereocenters. The number of halogens is 1. The van der Waals surface area contributed by atoms with E-state index in [0.717, 1.165) is 33.6 Å². The quantitative estimate of drug-likeness (QED) is 0.0823. The number of ether oxygens (including phenoxy) is 3. The van der Waals surface area contributed by atoms with Gasteiger partial charge in [0.05, 0.1) is 23.8 Å². The van der Waals surface area contributed by atoms with Gasteiger partial charge in [0.1, 0.15) is 42.1 Å². The van der Waals surface area contributed by atoms with Crippen molar-refractivity contribution < 1.29 is 44.2 Å². The van der Waals surface area contributed by atoms with E-state index >= 15 is 0 Å². The van der Waals surface area contributed by atoms with E-state index in [-0.39, 0.29) is 37.7 Å². The number of nitrogens with zero attached hydrogens (tertiary/aromatic N) is 3. The number of benzene rings is 3. The Bertz CT molecular complexity index is 2070. The molecular weight excluding hydrogens is 728 g/mol. The summed E-state index contributed by atoms with van der Waals surface area (Å²) >= 11 is 6.72. The van der Waals surface area contributed by atoms with Crippen LogP contribution in [0, 0.1) is 25.2 Å². The summed E-state index contributed by atoms with van der Waals surface area (Å²) in [6.45, 7) is 6.69. The number of rotatable bonds is 18. The first kappa shape index (κ1) is 40.9. The fraction of sp³-hybridized carbons (Fsp3) is 0.366. The Morgan fingerprint density at radius 3 is 2.40 bits per heavy atom. The maximum atomic E-state index is 11.8. The number of nitriles is 1. The lowest BCUT2D eigenvalue weighted by Gasteiger charge is -2.25. The molecule has 0 aliphatic carbocycles. The average molecular weight is 773 g/mol. The highest BCUT2D eigenvalue weighted by molar-refractivity contribution is 6.32. The molecule has 2 heterocycles. The molecule has 3 aromatic carbocycles. The number of aliphatic hydroxyl groups is 2. The fourth-order valence-corrected chi connectivity index (χ4v) is 6.53. The molecule has 1 saturated heterocycles. The maximum Gasteiger partial charge on any atom is 0.337 e. The van der Waals surface area contributed by atoms with Crippen molar-refractivity contribution in [2.75, 3.05) is 32.8 Å². The number of pyridine rings is 1. The van der Waals surface area contributed by atoms with Crippen LogP contribution >= 0.6 is 11.6 Å². The normalized spacial score (nSPS) is 16.6. The Kier molecular flexibility index (Phi) is 13.4. The molecule has 0 amide bonds. The number of carboxylic acids is 2. The van der Waals surface area contributed by atoms with Crippen molar-refractivity contribution in [3.05, 3.63) is 105 Å². The minimum Gasteiger partial charge on any atom is -0.493 e. The highest BCUT2D eigenvalue weighted by atomic mass is 35.5. The lowest BCUT2D eigenvalue weighted by atomic mass is 9.93. The molecule has 0 radical (unpaired) electrons. The number of β-amino-alcohol motifs (C(OH)–C–C–N with tert-alkyl or cyclic N) is 1. The van der Waals surface area contributed by atoms with Gasteiger partial charge in [-0.15, -0.1) is 0 Å². The molecule has 5 N–H and O–H groups in total. The third-order valence-electron chi connectivity index (χ3n) is 9.90. The number of aliphatic carboxylic acids is 2. The predicted molar refractivity (Wildman–Crippen MR) is 204 cm³/mol. The van der Waals surface area contributed by atoms with Gasteiger partial charge < -0.3 is 34.6 Å². The minimum atomic E-state index is -1.69. The van der Waals surface area contributed by atoms with Crippen LogP contribution in [-0.2, 0) is 29.3 Å². The van der Waals surface area contributed by atoms with E-state index in [1.165, 1.54) is 13.1 Å². The van der Waals surface area contributed by atoms with Crippen molar-refractivity contribution in [2.24, 2.45) is 0 Å². The Morgan fingerprint density at radius 2 is 1.71 bits per heavy atom. The van der Waals surface area contributed by atoms with Crippen molar-refractivity contribution in [2.45, 2.75) is 64.5 Å². The standard InChI is InChI=1S/C41H45ClN4O9/c1-26-30(7-4-8-32(26)33-9-5-10-35(27(33)2)53-14-6-12-46-13-11-41(52,24-46)39(50)51)23-55-37-17-36(54-22-29-15-28(18-43)19-44-20-29)31(16-34(37)42)21-45-40(3,25-47)38(48)49/h4-5,7-10,15-17,19-20,45,47,52H,6,11-14,21-25H2,1-3H3,(H,48,49)(H,50,51). The SMILES string of the molecule is Cc1c(COc2cc(OCc3cncc(C#N)c3)c(CNC(C)(CO)C(=O)O)cc2Cl)cccc1-c1cccc(OCCCN2CCC(O)(C(=O)O)C2)c1C. The van der Waals surface area contributed by atoms with Crippen LogP contribution in [0.2, 0.25) is 5.02 Å². The molecule has 1 aromatic heterocycles. The van der Waals surface area contributed by atoms with E-state index in [1.54, 1.807) is 24.4 Å². The monoisotopic (exact) mass is 772 g/mol. The largest absolute Gasteiger partial charge is 0.493 e. The summed E-state index contributed by atoms with van der Waals surface area (Å²) in [5.41, 5.74) is 3.15. The molecule has 13 nitrogen and oxygen atoms in total. The first-order valence-electron chi connectivity index (χ1n) is 17.8.